The summed E-state index contributed by atoms with van der Waals surface area (Å²) in [5, 5.41) is 21.1. The summed E-state index contributed by atoms with van der Waals surface area (Å²) in [6.07, 6.45) is -0.661. The van der Waals surface area contributed by atoms with Crippen molar-refractivity contribution in [2.45, 2.75) is 12.5 Å². The van der Waals surface area contributed by atoms with E-state index in [4.69, 9.17) is 10.2 Å². The summed E-state index contributed by atoms with van der Waals surface area (Å²) in [4.78, 5) is 34.9. The number of hydrazine groups is 1. The molecule has 0 aromatic carbocycles. The summed E-state index contributed by atoms with van der Waals surface area (Å²) in [5.41, 5.74) is 2.50. The van der Waals surface area contributed by atoms with Gasteiger partial charge in [0.25, 0.3) is 0 Å². The van der Waals surface area contributed by atoms with E-state index in [1.165, 1.54) is 0 Å². The summed E-state index contributed by atoms with van der Waals surface area (Å²) in [5.74, 6) is -2.66. The highest BCUT2D eigenvalue weighted by Gasteiger charge is 2.24. The highest BCUT2D eigenvalue weighted by Crippen LogP contribution is 1.96. The number of hydrogen-bond donors (Lipinski definition) is 4. The second kappa shape index (κ2) is 6.90. The predicted octanol–water partition coefficient (Wildman–Crippen LogP) is -1.62. The van der Waals surface area contributed by atoms with E-state index >= 15 is 0 Å². The summed E-state index contributed by atoms with van der Waals surface area (Å²) >= 11 is 0. The van der Waals surface area contributed by atoms with Gasteiger partial charge in [0.05, 0.1) is 6.42 Å². The van der Waals surface area contributed by atoms with Crippen LogP contribution in [0.4, 0.5) is 4.79 Å². The number of rotatable bonds is 5. The molecule has 1 aliphatic heterocycles. The molecule has 1 rings (SSSR count). The van der Waals surface area contributed by atoms with Gasteiger partial charge in [-0.1, -0.05) is 0 Å². The van der Waals surface area contributed by atoms with Gasteiger partial charge in [-0.2, -0.15) is 0 Å². The molecule has 1 fully saturated rings. The van der Waals surface area contributed by atoms with Crippen molar-refractivity contribution in [1.82, 2.24) is 20.7 Å². The van der Waals surface area contributed by atoms with Crippen LogP contribution >= 0.6 is 0 Å². The van der Waals surface area contributed by atoms with Crippen LogP contribution < -0.4 is 10.7 Å². The number of carboxylic acid groups (broad SMARTS) is 2. The number of piperazine rings is 1. The van der Waals surface area contributed by atoms with E-state index in [1.807, 2.05) is 7.05 Å². The predicted molar refractivity (Wildman–Crippen MR) is 64.4 cm³/mol. The first-order chi connectivity index (χ1) is 8.88. The van der Waals surface area contributed by atoms with Crippen molar-refractivity contribution in [2.75, 3.05) is 33.2 Å². The number of nitrogens with one attached hydrogen (secondary N) is 2. The molecule has 4 N–H and O–H groups in total. The molecule has 1 heterocycles. The minimum Gasteiger partial charge on any atom is -0.481 e. The zero-order valence-corrected chi connectivity index (χ0v) is 10.6. The largest absolute Gasteiger partial charge is 0.481 e. The fourth-order valence-electron chi connectivity index (χ4n) is 1.63. The maximum absolute atomic E-state index is 11.6. The van der Waals surface area contributed by atoms with Crippen molar-refractivity contribution < 1.29 is 24.6 Å². The van der Waals surface area contributed by atoms with Crippen molar-refractivity contribution in [2.24, 2.45) is 0 Å². The second-order valence-corrected chi connectivity index (χ2v) is 4.36. The number of carbonyl (C=O) groups excluding carboxylic acids is 1. The SMILES string of the molecule is CN1CCN(NC(=O)NC(CC(=O)O)C(=O)O)CC1. The number of amides is 2. The zero-order valence-electron chi connectivity index (χ0n) is 10.6. The summed E-state index contributed by atoms with van der Waals surface area (Å²) in [6, 6.07) is -2.15. The normalized spacial score (nSPS) is 18.6. The molecule has 0 spiro atoms. The van der Waals surface area contributed by atoms with Crippen molar-refractivity contribution in [3.63, 3.8) is 0 Å². The van der Waals surface area contributed by atoms with Gasteiger partial charge in [-0.25, -0.2) is 14.6 Å². The lowest BCUT2D eigenvalue weighted by Gasteiger charge is -2.32. The van der Waals surface area contributed by atoms with E-state index in [9.17, 15) is 14.4 Å². The van der Waals surface area contributed by atoms with Crippen molar-refractivity contribution in [3.05, 3.63) is 0 Å². The zero-order chi connectivity index (χ0) is 14.4. The van der Waals surface area contributed by atoms with Crippen LogP contribution in [0.5, 0.6) is 0 Å². The fraction of sp³-hybridized carbons (Fsp3) is 0.700. The molecule has 108 valence electrons. The van der Waals surface area contributed by atoms with Crippen LogP contribution in [0, 0.1) is 0 Å². The number of aliphatic carboxylic acids is 2. The van der Waals surface area contributed by atoms with Crippen LogP contribution in [0.3, 0.4) is 0 Å². The Labute approximate surface area is 110 Å². The molecular weight excluding hydrogens is 256 g/mol. The smallest absolute Gasteiger partial charge is 0.330 e. The lowest BCUT2D eigenvalue weighted by molar-refractivity contribution is -0.145. The number of hydrogen-bond acceptors (Lipinski definition) is 5. The number of nitrogens with zero attached hydrogens (tertiary/aromatic N) is 2. The molecule has 2 amide bonds. The Bertz CT molecular complexity index is 354. The van der Waals surface area contributed by atoms with Crippen LogP contribution in [-0.2, 0) is 9.59 Å². The fourth-order valence-corrected chi connectivity index (χ4v) is 1.63. The van der Waals surface area contributed by atoms with E-state index in [1.54, 1.807) is 5.01 Å². The highest BCUT2D eigenvalue weighted by molar-refractivity contribution is 5.85. The van der Waals surface area contributed by atoms with Crippen molar-refractivity contribution in [1.29, 1.82) is 0 Å². The molecule has 0 aromatic heterocycles. The molecule has 9 nitrogen and oxygen atoms in total. The van der Waals surface area contributed by atoms with Gasteiger partial charge < -0.3 is 20.4 Å². The Morgan fingerprint density at radius 1 is 1.16 bits per heavy atom. The first-order valence-corrected chi connectivity index (χ1v) is 5.83. The Morgan fingerprint density at radius 2 is 1.74 bits per heavy atom. The third kappa shape index (κ3) is 5.53. The van der Waals surface area contributed by atoms with Gasteiger partial charge in [-0.15, -0.1) is 0 Å². The van der Waals surface area contributed by atoms with Crippen LogP contribution in [0.1, 0.15) is 6.42 Å². The number of likely N-dealkylation sites (N-methyl/N-ethyl adjacent to an activating group) is 1. The molecule has 0 aliphatic carbocycles. The van der Waals surface area contributed by atoms with Gasteiger partial charge >= 0.3 is 18.0 Å². The summed E-state index contributed by atoms with van der Waals surface area (Å²) in [6.45, 7) is 2.83. The van der Waals surface area contributed by atoms with Crippen molar-refractivity contribution in [3.8, 4) is 0 Å². The maximum atomic E-state index is 11.6. The van der Waals surface area contributed by atoms with E-state index < -0.39 is 30.4 Å². The van der Waals surface area contributed by atoms with Crippen LogP contribution in [-0.4, -0.2) is 77.4 Å². The molecular formula is C10H18N4O5. The number of carboxylic acids is 2. The Morgan fingerprint density at radius 3 is 2.21 bits per heavy atom. The first kappa shape index (κ1) is 15.2. The average molecular weight is 274 g/mol. The molecule has 19 heavy (non-hydrogen) atoms. The van der Waals surface area contributed by atoms with Gasteiger partial charge in [-0.05, 0) is 7.05 Å². The number of carbonyl (C=O) groups is 3. The standard InChI is InChI=1S/C10H18N4O5/c1-13-2-4-14(5-3-13)12-10(19)11-7(9(17)18)6-8(15)16/h7H,2-6H2,1H3,(H,15,16)(H,17,18)(H2,11,12,19). The lowest BCUT2D eigenvalue weighted by Crippen LogP contribution is -2.57. The van der Waals surface area contributed by atoms with Gasteiger partial charge in [0.2, 0.25) is 0 Å². The maximum Gasteiger partial charge on any atom is 0.330 e. The Hall–Kier alpha value is -1.87. The first-order valence-electron chi connectivity index (χ1n) is 5.83. The molecule has 1 saturated heterocycles. The third-order valence-electron chi connectivity index (χ3n) is 2.75. The Kier molecular flexibility index (Phi) is 5.52. The molecule has 0 radical (unpaired) electrons. The topological polar surface area (TPSA) is 122 Å². The Balaban J connectivity index is 2.40. The molecule has 0 saturated carbocycles. The monoisotopic (exact) mass is 274 g/mol. The van der Waals surface area contributed by atoms with Gasteiger partial charge in [0.15, 0.2) is 0 Å². The lowest BCUT2D eigenvalue weighted by atomic mass is 10.2. The van der Waals surface area contributed by atoms with Crippen LogP contribution in [0.15, 0.2) is 0 Å². The van der Waals surface area contributed by atoms with Crippen LogP contribution in [0.2, 0.25) is 0 Å². The van der Waals surface area contributed by atoms with E-state index in [2.05, 4.69) is 15.6 Å². The van der Waals surface area contributed by atoms with E-state index in [-0.39, 0.29) is 0 Å². The number of urea groups is 1. The van der Waals surface area contributed by atoms with E-state index in [0.717, 1.165) is 13.1 Å². The summed E-state index contributed by atoms with van der Waals surface area (Å²) in [7, 11) is 1.96. The molecule has 1 atom stereocenters. The minimum atomic E-state index is -1.44. The molecule has 1 aliphatic rings. The average Bonchev–Trinajstić information content (AvgIpc) is 2.30. The molecule has 1 unspecified atom stereocenters. The van der Waals surface area contributed by atoms with Gasteiger partial charge in [-0.3, -0.25) is 10.2 Å². The quantitative estimate of drug-likeness (QED) is 0.475. The van der Waals surface area contributed by atoms with Crippen molar-refractivity contribution >= 4 is 18.0 Å². The highest BCUT2D eigenvalue weighted by atomic mass is 16.4. The second-order valence-electron chi connectivity index (χ2n) is 4.36. The van der Waals surface area contributed by atoms with Crippen LogP contribution in [0.25, 0.3) is 0 Å². The molecule has 9 heteroatoms. The molecule has 0 aromatic rings. The van der Waals surface area contributed by atoms with E-state index in [0.29, 0.717) is 13.1 Å². The third-order valence-corrected chi connectivity index (χ3v) is 2.75. The van der Waals surface area contributed by atoms with Gasteiger partial charge in [0.1, 0.15) is 6.04 Å². The molecule has 0 bridgehead atoms. The summed E-state index contributed by atoms with van der Waals surface area (Å²) < 4.78 is 0. The van der Waals surface area contributed by atoms with Gasteiger partial charge in [0, 0.05) is 26.2 Å². The minimum absolute atomic E-state index is 0.626.